The maximum absolute atomic E-state index is 13.3. The van der Waals surface area contributed by atoms with E-state index in [-0.39, 0.29) is 41.6 Å². The van der Waals surface area contributed by atoms with Crippen LogP contribution in [0.5, 0.6) is 5.88 Å². The van der Waals surface area contributed by atoms with Crippen LogP contribution >= 0.6 is 24.0 Å². The zero-order chi connectivity index (χ0) is 26.0. The summed E-state index contributed by atoms with van der Waals surface area (Å²) in [6.07, 6.45) is 5.97. The van der Waals surface area contributed by atoms with Crippen molar-refractivity contribution < 1.29 is 14.7 Å². The lowest BCUT2D eigenvalue weighted by Crippen LogP contribution is -2.32. The molecule has 0 radical (unpaired) electrons. The number of amides is 1. The van der Waals surface area contributed by atoms with Gasteiger partial charge in [-0.3, -0.25) is 23.9 Å². The summed E-state index contributed by atoms with van der Waals surface area (Å²) in [5.74, 6) is -1.11. The fourth-order valence-corrected chi connectivity index (χ4v) is 6.09. The van der Waals surface area contributed by atoms with Gasteiger partial charge < -0.3 is 5.11 Å². The van der Waals surface area contributed by atoms with Gasteiger partial charge in [-0.1, -0.05) is 73.1 Å². The van der Waals surface area contributed by atoms with Gasteiger partial charge in [0.15, 0.2) is 5.78 Å². The SMILES string of the molecule is Cc1ccc(/C=C2\SC(=S)N(CCC(=O)c3c(C)c(C#N)c(=O)n(C4CCCCC4)c3O)C2=O)cc1. The van der Waals surface area contributed by atoms with Gasteiger partial charge in [-0.15, -0.1) is 0 Å². The Morgan fingerprint density at radius 1 is 1.19 bits per heavy atom. The van der Waals surface area contributed by atoms with Crippen LogP contribution in [0.1, 0.15) is 77.2 Å². The van der Waals surface area contributed by atoms with Crippen molar-refractivity contribution in [3.8, 4) is 11.9 Å². The number of carbonyl (C=O) groups excluding carboxylic acids is 2. The van der Waals surface area contributed by atoms with E-state index < -0.39 is 17.2 Å². The highest BCUT2D eigenvalue weighted by Gasteiger charge is 2.33. The first kappa shape index (κ1) is 25.9. The fourth-order valence-electron chi connectivity index (χ4n) is 4.78. The van der Waals surface area contributed by atoms with Crippen molar-refractivity contribution >= 4 is 46.1 Å². The number of aryl methyl sites for hydroxylation is 1. The molecule has 4 rings (SSSR count). The zero-order valence-electron chi connectivity index (χ0n) is 20.2. The topological polar surface area (TPSA) is 103 Å². The second-order valence-electron chi connectivity index (χ2n) is 9.19. The number of carbonyl (C=O) groups is 2. The number of Topliss-reactive ketones (excluding diaryl/α,β-unsaturated/α-hetero) is 1. The number of aromatic hydroxyl groups is 1. The molecule has 1 saturated carbocycles. The van der Waals surface area contributed by atoms with E-state index in [4.69, 9.17) is 12.2 Å². The standard InChI is InChI=1S/C27H27N3O4S2/c1-16-8-10-18(11-9-16)14-22-25(33)29(27(35)36-22)13-12-21(31)23-17(2)20(15-28)24(32)30(26(23)34)19-6-4-3-5-7-19/h8-11,14,19,34H,3-7,12-13H2,1-2H3/b22-14-. The molecular formula is C27H27N3O4S2. The monoisotopic (exact) mass is 521 g/mol. The average molecular weight is 522 g/mol. The number of benzene rings is 1. The summed E-state index contributed by atoms with van der Waals surface area (Å²) >= 11 is 6.58. The van der Waals surface area contributed by atoms with Crippen LogP contribution in [0.15, 0.2) is 34.0 Å². The van der Waals surface area contributed by atoms with Crippen molar-refractivity contribution in [2.24, 2.45) is 0 Å². The number of hydrogen-bond donors (Lipinski definition) is 1. The minimum Gasteiger partial charge on any atom is -0.494 e. The highest BCUT2D eigenvalue weighted by molar-refractivity contribution is 8.26. The smallest absolute Gasteiger partial charge is 0.271 e. The van der Waals surface area contributed by atoms with Crippen molar-refractivity contribution in [3.63, 3.8) is 0 Å². The van der Waals surface area contributed by atoms with Crippen LogP contribution in [0, 0.1) is 25.2 Å². The van der Waals surface area contributed by atoms with E-state index in [9.17, 15) is 24.8 Å². The lowest BCUT2D eigenvalue weighted by atomic mass is 9.93. The lowest BCUT2D eigenvalue weighted by Gasteiger charge is -2.26. The number of thioether (sulfide) groups is 1. The number of aromatic nitrogens is 1. The van der Waals surface area contributed by atoms with Crippen molar-refractivity contribution in [1.82, 2.24) is 9.47 Å². The molecule has 7 nitrogen and oxygen atoms in total. The molecule has 2 fully saturated rings. The normalized spacial score (nSPS) is 17.6. The maximum Gasteiger partial charge on any atom is 0.271 e. The molecule has 0 spiro atoms. The molecule has 9 heteroatoms. The van der Waals surface area contributed by atoms with Gasteiger partial charge >= 0.3 is 0 Å². The van der Waals surface area contributed by atoms with Crippen LogP contribution in [0.2, 0.25) is 0 Å². The summed E-state index contributed by atoms with van der Waals surface area (Å²) in [7, 11) is 0. The van der Waals surface area contributed by atoms with Gasteiger partial charge in [-0.2, -0.15) is 5.26 Å². The quantitative estimate of drug-likeness (QED) is 0.323. The molecule has 2 aliphatic rings. The minimum absolute atomic E-state index is 0.0302. The molecule has 2 aromatic rings. The summed E-state index contributed by atoms with van der Waals surface area (Å²) in [5.41, 5.74) is 1.44. The Bertz CT molecular complexity index is 1360. The fraction of sp³-hybridized carbons (Fsp3) is 0.370. The number of pyridine rings is 1. The first-order valence-electron chi connectivity index (χ1n) is 12.0. The van der Waals surface area contributed by atoms with Crippen molar-refractivity contribution in [1.29, 1.82) is 5.26 Å². The maximum atomic E-state index is 13.3. The molecule has 36 heavy (non-hydrogen) atoms. The zero-order valence-corrected chi connectivity index (χ0v) is 21.9. The summed E-state index contributed by atoms with van der Waals surface area (Å²) in [5, 5.41) is 20.6. The van der Waals surface area contributed by atoms with Crippen LogP contribution in [0.4, 0.5) is 0 Å². The summed E-state index contributed by atoms with van der Waals surface area (Å²) in [6.45, 7) is 3.53. The van der Waals surface area contributed by atoms with E-state index in [0.717, 1.165) is 30.4 Å². The second-order valence-corrected chi connectivity index (χ2v) is 10.9. The van der Waals surface area contributed by atoms with Crippen LogP contribution in [0.25, 0.3) is 6.08 Å². The van der Waals surface area contributed by atoms with E-state index >= 15 is 0 Å². The first-order chi connectivity index (χ1) is 17.2. The van der Waals surface area contributed by atoms with Crippen LogP contribution in [-0.4, -0.2) is 37.1 Å². The highest BCUT2D eigenvalue weighted by atomic mass is 32.2. The van der Waals surface area contributed by atoms with E-state index in [1.165, 1.54) is 28.2 Å². The molecule has 1 saturated heterocycles. The Labute approximate surface area is 219 Å². The third kappa shape index (κ3) is 5.01. The number of nitriles is 1. The molecule has 1 aromatic carbocycles. The number of hydrogen-bond acceptors (Lipinski definition) is 7. The lowest BCUT2D eigenvalue weighted by molar-refractivity contribution is -0.122. The predicted octanol–water partition coefficient (Wildman–Crippen LogP) is 5.02. The number of rotatable bonds is 6. The molecule has 0 unspecified atom stereocenters. The summed E-state index contributed by atoms with van der Waals surface area (Å²) in [6, 6.07) is 9.43. The Hall–Kier alpha value is -3.22. The van der Waals surface area contributed by atoms with Gasteiger partial charge in [0.2, 0.25) is 5.88 Å². The predicted molar refractivity (Wildman–Crippen MR) is 144 cm³/mol. The van der Waals surface area contributed by atoms with Gasteiger partial charge in [-0.25, -0.2) is 0 Å². The Morgan fingerprint density at radius 3 is 2.50 bits per heavy atom. The molecule has 186 valence electrons. The number of thiocarbonyl (C=S) groups is 1. The van der Waals surface area contributed by atoms with Gasteiger partial charge in [0.25, 0.3) is 11.5 Å². The van der Waals surface area contributed by atoms with E-state index in [2.05, 4.69) is 0 Å². The van der Waals surface area contributed by atoms with Gasteiger partial charge in [0, 0.05) is 19.0 Å². The molecule has 1 aliphatic carbocycles. The second kappa shape index (κ2) is 10.8. The third-order valence-electron chi connectivity index (χ3n) is 6.78. The van der Waals surface area contributed by atoms with Crippen molar-refractivity contribution in [2.75, 3.05) is 6.54 Å². The van der Waals surface area contributed by atoms with E-state index in [0.29, 0.717) is 22.1 Å². The van der Waals surface area contributed by atoms with Crippen molar-refractivity contribution in [3.05, 3.63) is 67.3 Å². The Morgan fingerprint density at radius 2 is 1.86 bits per heavy atom. The van der Waals surface area contributed by atoms with Gasteiger partial charge in [0.1, 0.15) is 16.0 Å². The third-order valence-corrected chi connectivity index (χ3v) is 8.15. The minimum atomic E-state index is -0.561. The Kier molecular flexibility index (Phi) is 7.76. The van der Waals surface area contributed by atoms with E-state index in [1.54, 1.807) is 6.08 Å². The van der Waals surface area contributed by atoms with Crippen LogP contribution in [0.3, 0.4) is 0 Å². The highest BCUT2D eigenvalue weighted by Crippen LogP contribution is 2.35. The Balaban J connectivity index is 1.57. The van der Waals surface area contributed by atoms with E-state index in [1.807, 2.05) is 37.3 Å². The molecule has 1 aliphatic heterocycles. The molecule has 2 heterocycles. The van der Waals surface area contributed by atoms with Crippen LogP contribution < -0.4 is 5.56 Å². The molecular weight excluding hydrogens is 494 g/mol. The largest absolute Gasteiger partial charge is 0.494 e. The van der Waals surface area contributed by atoms with Gasteiger partial charge in [-0.05, 0) is 43.9 Å². The number of nitrogens with zero attached hydrogens (tertiary/aromatic N) is 3. The number of ketones is 1. The average Bonchev–Trinajstić information content (AvgIpc) is 3.12. The summed E-state index contributed by atoms with van der Waals surface area (Å²) < 4.78 is 1.58. The molecule has 0 atom stereocenters. The first-order valence-corrected chi connectivity index (χ1v) is 13.2. The van der Waals surface area contributed by atoms with Gasteiger partial charge in [0.05, 0.1) is 10.5 Å². The molecule has 1 amide bonds. The van der Waals surface area contributed by atoms with Crippen LogP contribution in [-0.2, 0) is 4.79 Å². The molecule has 1 aromatic heterocycles. The molecule has 0 bridgehead atoms. The molecule has 1 N–H and O–H groups in total. The summed E-state index contributed by atoms with van der Waals surface area (Å²) in [4.78, 5) is 41.1. The van der Waals surface area contributed by atoms with Crippen molar-refractivity contribution in [2.45, 2.75) is 58.4 Å².